The normalized spacial score (nSPS) is 11.8. The summed E-state index contributed by atoms with van der Waals surface area (Å²) in [6.07, 6.45) is 0. The Labute approximate surface area is 150 Å². The Kier molecular flexibility index (Phi) is 4.84. The average Bonchev–Trinajstić information content (AvgIpc) is 3.01. The molecule has 0 radical (unpaired) electrons. The first kappa shape index (κ1) is 16.5. The minimum atomic E-state index is 0.0231. The third-order valence-electron chi connectivity index (χ3n) is 3.86. The number of hydrogen-bond acceptors (Lipinski definition) is 4. The van der Waals surface area contributed by atoms with Crippen LogP contribution in [0.5, 0.6) is 10.8 Å². The Morgan fingerprint density at radius 2 is 1.96 bits per heavy atom. The third-order valence-corrected chi connectivity index (χ3v) is 4.84. The highest BCUT2D eigenvalue weighted by Gasteiger charge is 2.22. The van der Waals surface area contributed by atoms with Gasteiger partial charge >= 0.3 is 0 Å². The van der Waals surface area contributed by atoms with Crippen molar-refractivity contribution in [3.63, 3.8) is 0 Å². The van der Waals surface area contributed by atoms with Gasteiger partial charge in [-0.15, -0.1) is 0 Å². The molecule has 0 saturated heterocycles. The van der Waals surface area contributed by atoms with E-state index in [4.69, 9.17) is 16.3 Å². The van der Waals surface area contributed by atoms with E-state index in [0.717, 1.165) is 16.8 Å². The molecule has 24 heavy (non-hydrogen) atoms. The molecular formula is C19H15ClN2OS. The molecule has 1 atom stereocenters. The Hall–Kier alpha value is -2.35. The number of nitriles is 1. The van der Waals surface area contributed by atoms with Crippen molar-refractivity contribution in [3.05, 3.63) is 75.9 Å². The zero-order valence-corrected chi connectivity index (χ0v) is 14.9. The van der Waals surface area contributed by atoms with Gasteiger partial charge in [0.2, 0.25) is 5.06 Å². The quantitative estimate of drug-likeness (QED) is 0.584. The van der Waals surface area contributed by atoms with Crippen molar-refractivity contribution in [3.8, 4) is 16.9 Å². The molecule has 0 amide bonds. The number of aryl methyl sites for hydroxylation is 1. The molecule has 0 fully saturated rings. The molecule has 3 aromatic rings. The van der Waals surface area contributed by atoms with Crippen LogP contribution in [-0.4, -0.2) is 4.37 Å². The monoisotopic (exact) mass is 354 g/mol. The van der Waals surface area contributed by atoms with Crippen molar-refractivity contribution in [1.29, 1.82) is 5.26 Å². The lowest BCUT2D eigenvalue weighted by atomic mass is 9.95. The molecule has 3 nitrogen and oxygen atoms in total. The van der Waals surface area contributed by atoms with Crippen LogP contribution in [-0.2, 0) is 0 Å². The van der Waals surface area contributed by atoms with Gasteiger partial charge in [0, 0.05) is 22.5 Å². The van der Waals surface area contributed by atoms with Gasteiger partial charge in [0.1, 0.15) is 17.4 Å². The number of benzene rings is 2. The summed E-state index contributed by atoms with van der Waals surface area (Å²) in [5, 5.41) is 10.7. The first-order valence-corrected chi connectivity index (χ1v) is 8.64. The van der Waals surface area contributed by atoms with E-state index >= 15 is 0 Å². The standard InChI is InChI=1S/C19H15ClN2OS/c1-12-8-9-15(20)10-17(12)23-19-16(11-21)18(22-24-19)13(2)14-6-4-3-5-7-14/h3-10,13H,1-2H3. The molecule has 1 heterocycles. The fourth-order valence-corrected chi connectivity index (χ4v) is 3.40. The topological polar surface area (TPSA) is 45.9 Å². The van der Waals surface area contributed by atoms with Crippen LogP contribution in [0.3, 0.4) is 0 Å². The van der Waals surface area contributed by atoms with Gasteiger partial charge in [-0.3, -0.25) is 0 Å². The molecular weight excluding hydrogens is 340 g/mol. The average molecular weight is 355 g/mol. The number of nitrogens with zero attached hydrogens (tertiary/aromatic N) is 2. The van der Waals surface area contributed by atoms with Gasteiger partial charge in [0.15, 0.2) is 0 Å². The van der Waals surface area contributed by atoms with Crippen LogP contribution in [0, 0.1) is 18.3 Å². The van der Waals surface area contributed by atoms with E-state index in [9.17, 15) is 5.26 Å². The summed E-state index contributed by atoms with van der Waals surface area (Å²) >= 11 is 7.23. The third kappa shape index (κ3) is 3.28. The molecule has 0 N–H and O–H groups in total. The molecule has 0 aliphatic rings. The first-order valence-electron chi connectivity index (χ1n) is 7.48. The van der Waals surface area contributed by atoms with Gasteiger partial charge in [0.05, 0.1) is 5.69 Å². The predicted octanol–water partition coefficient (Wildman–Crippen LogP) is 5.92. The van der Waals surface area contributed by atoms with Crippen LogP contribution in [0.1, 0.15) is 35.2 Å². The molecule has 120 valence electrons. The largest absolute Gasteiger partial charge is 0.443 e. The van der Waals surface area contributed by atoms with Gasteiger partial charge in [-0.25, -0.2) is 0 Å². The zero-order valence-electron chi connectivity index (χ0n) is 13.3. The van der Waals surface area contributed by atoms with Crippen LogP contribution in [0.25, 0.3) is 0 Å². The maximum absolute atomic E-state index is 9.60. The Bertz CT molecular complexity index is 899. The molecule has 5 heteroatoms. The smallest absolute Gasteiger partial charge is 0.218 e. The maximum atomic E-state index is 9.60. The predicted molar refractivity (Wildman–Crippen MR) is 97.1 cm³/mol. The van der Waals surface area contributed by atoms with E-state index in [1.54, 1.807) is 6.07 Å². The summed E-state index contributed by atoms with van der Waals surface area (Å²) in [5.74, 6) is 0.663. The summed E-state index contributed by atoms with van der Waals surface area (Å²) in [4.78, 5) is 0. The Morgan fingerprint density at radius 1 is 1.21 bits per heavy atom. The fourth-order valence-electron chi connectivity index (χ4n) is 2.44. The number of ether oxygens (including phenoxy) is 1. The molecule has 3 rings (SSSR count). The minimum Gasteiger partial charge on any atom is -0.443 e. The second kappa shape index (κ2) is 7.04. The molecule has 0 saturated carbocycles. The van der Waals surface area contributed by atoms with E-state index < -0.39 is 0 Å². The van der Waals surface area contributed by atoms with E-state index in [-0.39, 0.29) is 5.92 Å². The number of aromatic nitrogens is 1. The summed E-state index contributed by atoms with van der Waals surface area (Å²) in [6.45, 7) is 3.98. The van der Waals surface area contributed by atoms with Crippen molar-refractivity contribution >= 4 is 23.1 Å². The van der Waals surface area contributed by atoms with Gasteiger partial charge in [-0.2, -0.15) is 9.64 Å². The highest BCUT2D eigenvalue weighted by Crippen LogP contribution is 2.38. The first-order chi connectivity index (χ1) is 11.6. The van der Waals surface area contributed by atoms with Crippen molar-refractivity contribution in [2.24, 2.45) is 0 Å². The Balaban J connectivity index is 1.96. The van der Waals surface area contributed by atoms with E-state index in [1.165, 1.54) is 11.5 Å². The summed E-state index contributed by atoms with van der Waals surface area (Å²) in [5.41, 5.74) is 3.29. The summed E-state index contributed by atoms with van der Waals surface area (Å²) in [6, 6.07) is 17.7. The minimum absolute atomic E-state index is 0.0231. The molecule has 1 aromatic heterocycles. The summed E-state index contributed by atoms with van der Waals surface area (Å²) < 4.78 is 10.4. The number of hydrogen-bond donors (Lipinski definition) is 0. The maximum Gasteiger partial charge on any atom is 0.218 e. The highest BCUT2D eigenvalue weighted by molar-refractivity contribution is 7.08. The van der Waals surface area contributed by atoms with Crippen molar-refractivity contribution < 1.29 is 4.74 Å². The van der Waals surface area contributed by atoms with Crippen molar-refractivity contribution in [2.75, 3.05) is 0 Å². The van der Waals surface area contributed by atoms with Gasteiger partial charge < -0.3 is 4.74 Å². The SMILES string of the molecule is Cc1ccc(Cl)cc1Oc1snc(C(C)c2ccccc2)c1C#N. The van der Waals surface area contributed by atoms with E-state index in [1.807, 2.05) is 56.3 Å². The number of halogens is 1. The second-order valence-electron chi connectivity index (χ2n) is 5.49. The molecule has 0 aliphatic carbocycles. The zero-order chi connectivity index (χ0) is 17.1. The summed E-state index contributed by atoms with van der Waals surface area (Å²) in [7, 11) is 0. The van der Waals surface area contributed by atoms with E-state index in [2.05, 4.69) is 10.4 Å². The van der Waals surface area contributed by atoms with Crippen LogP contribution >= 0.6 is 23.1 Å². The van der Waals surface area contributed by atoms with Gasteiger partial charge in [-0.1, -0.05) is 54.9 Å². The van der Waals surface area contributed by atoms with Crippen molar-refractivity contribution in [1.82, 2.24) is 4.37 Å². The molecule has 2 aromatic carbocycles. The Morgan fingerprint density at radius 3 is 2.67 bits per heavy atom. The van der Waals surface area contributed by atoms with E-state index in [0.29, 0.717) is 21.4 Å². The highest BCUT2D eigenvalue weighted by atomic mass is 35.5. The van der Waals surface area contributed by atoms with Crippen LogP contribution in [0.15, 0.2) is 48.5 Å². The van der Waals surface area contributed by atoms with Gasteiger partial charge in [-0.05, 0) is 30.2 Å². The van der Waals surface area contributed by atoms with Crippen LogP contribution in [0.4, 0.5) is 0 Å². The van der Waals surface area contributed by atoms with Crippen LogP contribution in [0.2, 0.25) is 5.02 Å². The number of rotatable bonds is 4. The van der Waals surface area contributed by atoms with Crippen molar-refractivity contribution in [2.45, 2.75) is 19.8 Å². The molecule has 0 aliphatic heterocycles. The lowest BCUT2D eigenvalue weighted by Crippen LogP contribution is -1.99. The van der Waals surface area contributed by atoms with Crippen LogP contribution < -0.4 is 4.74 Å². The molecule has 1 unspecified atom stereocenters. The lowest BCUT2D eigenvalue weighted by molar-refractivity contribution is 0.490. The fraction of sp³-hybridized carbons (Fsp3) is 0.158. The second-order valence-corrected chi connectivity index (χ2v) is 6.66. The molecule has 0 bridgehead atoms. The molecule has 0 spiro atoms. The lowest BCUT2D eigenvalue weighted by Gasteiger charge is -2.10. The van der Waals surface area contributed by atoms with Gasteiger partial charge in [0.25, 0.3) is 0 Å².